The number of anilines is 1. The molecule has 0 aromatic heterocycles. The lowest BCUT2D eigenvalue weighted by molar-refractivity contribution is 0.174. The Morgan fingerprint density at radius 3 is 2.65 bits per heavy atom. The summed E-state index contributed by atoms with van der Waals surface area (Å²) in [5.41, 5.74) is 4.64. The van der Waals surface area contributed by atoms with E-state index in [0.29, 0.717) is 5.11 Å². The van der Waals surface area contributed by atoms with Gasteiger partial charge in [0.15, 0.2) is 16.6 Å². The summed E-state index contributed by atoms with van der Waals surface area (Å²) in [6.07, 6.45) is 0. The highest BCUT2D eigenvalue weighted by Crippen LogP contribution is 2.34. The predicted molar refractivity (Wildman–Crippen MR) is 96.3 cm³/mol. The van der Waals surface area contributed by atoms with Crippen LogP contribution in [0.25, 0.3) is 0 Å². The fraction of sp³-hybridized carbons (Fsp3) is 0.278. The van der Waals surface area contributed by atoms with Crippen LogP contribution in [0.5, 0.6) is 11.5 Å². The molecular weight excluding hydrogens is 308 g/mol. The van der Waals surface area contributed by atoms with Gasteiger partial charge in [-0.2, -0.15) is 0 Å². The molecule has 3 rings (SSSR count). The fourth-order valence-electron chi connectivity index (χ4n) is 2.73. The molecule has 2 aromatic carbocycles. The number of ether oxygens (including phenoxy) is 2. The highest BCUT2D eigenvalue weighted by atomic mass is 32.1. The number of fused-ring (bicyclic) bond motifs is 1. The number of rotatable bonds is 3. The van der Waals surface area contributed by atoms with Crippen molar-refractivity contribution in [1.82, 2.24) is 5.32 Å². The SMILES string of the molecule is Cc1ccc([C@H](C)NC(=S)Nc2ccc3c(c2)OCO3)c(C)c1. The molecule has 1 heterocycles. The molecule has 1 aliphatic heterocycles. The Bertz CT molecular complexity index is 746. The standard InChI is InChI=1S/C18H20N2O2S/c1-11-4-6-15(12(2)8-11)13(3)19-18(23)20-14-5-7-16-17(9-14)22-10-21-16/h4-9,13H,10H2,1-3H3,(H2,19,20,23)/t13-/m0/s1. The van der Waals surface area contributed by atoms with Crippen molar-refractivity contribution in [3.63, 3.8) is 0 Å². The van der Waals surface area contributed by atoms with Crippen LogP contribution in [0.1, 0.15) is 29.7 Å². The van der Waals surface area contributed by atoms with E-state index in [-0.39, 0.29) is 12.8 Å². The number of nitrogens with one attached hydrogen (secondary N) is 2. The Balaban J connectivity index is 1.64. The molecule has 0 radical (unpaired) electrons. The molecule has 0 saturated carbocycles. The molecule has 2 aromatic rings. The van der Waals surface area contributed by atoms with Crippen molar-refractivity contribution in [1.29, 1.82) is 0 Å². The Hall–Kier alpha value is -2.27. The minimum Gasteiger partial charge on any atom is -0.454 e. The molecule has 0 saturated heterocycles. The molecule has 4 nitrogen and oxygen atoms in total. The first kappa shape index (κ1) is 15.6. The second kappa shape index (κ2) is 6.46. The molecule has 120 valence electrons. The molecule has 2 N–H and O–H groups in total. The first-order valence-corrected chi connectivity index (χ1v) is 7.98. The first-order valence-electron chi connectivity index (χ1n) is 7.57. The highest BCUT2D eigenvalue weighted by molar-refractivity contribution is 7.80. The molecule has 1 atom stereocenters. The van der Waals surface area contributed by atoms with E-state index < -0.39 is 0 Å². The maximum Gasteiger partial charge on any atom is 0.231 e. The molecule has 1 aliphatic rings. The molecule has 0 spiro atoms. The van der Waals surface area contributed by atoms with Crippen LogP contribution in [-0.4, -0.2) is 11.9 Å². The Kier molecular flexibility index (Phi) is 4.39. The molecule has 0 amide bonds. The number of hydrogen-bond donors (Lipinski definition) is 2. The average molecular weight is 328 g/mol. The smallest absolute Gasteiger partial charge is 0.231 e. The van der Waals surface area contributed by atoms with Crippen LogP contribution in [0.4, 0.5) is 5.69 Å². The van der Waals surface area contributed by atoms with Crippen molar-refractivity contribution in [3.05, 3.63) is 53.1 Å². The second-order valence-corrected chi connectivity index (χ2v) is 6.16. The quantitative estimate of drug-likeness (QED) is 0.831. The van der Waals surface area contributed by atoms with Crippen molar-refractivity contribution in [2.45, 2.75) is 26.8 Å². The van der Waals surface area contributed by atoms with Crippen LogP contribution in [0.2, 0.25) is 0 Å². The number of hydrogen-bond acceptors (Lipinski definition) is 3. The summed E-state index contributed by atoms with van der Waals surface area (Å²) in [7, 11) is 0. The Morgan fingerprint density at radius 1 is 1.09 bits per heavy atom. The van der Waals surface area contributed by atoms with Crippen molar-refractivity contribution in [2.75, 3.05) is 12.1 Å². The van der Waals surface area contributed by atoms with Crippen molar-refractivity contribution in [3.8, 4) is 11.5 Å². The zero-order chi connectivity index (χ0) is 16.4. The van der Waals surface area contributed by atoms with Gasteiger partial charge in [-0.05, 0) is 56.2 Å². The number of benzene rings is 2. The van der Waals surface area contributed by atoms with E-state index in [0.717, 1.165) is 17.2 Å². The van der Waals surface area contributed by atoms with Crippen molar-refractivity contribution < 1.29 is 9.47 Å². The second-order valence-electron chi connectivity index (χ2n) is 5.75. The minimum absolute atomic E-state index is 0.129. The van der Waals surface area contributed by atoms with E-state index in [1.165, 1.54) is 16.7 Å². The topological polar surface area (TPSA) is 42.5 Å². The third-order valence-corrected chi connectivity index (χ3v) is 4.09. The molecule has 0 fully saturated rings. The van der Waals surface area contributed by atoms with Crippen LogP contribution in [0.15, 0.2) is 36.4 Å². The molecular formula is C18H20N2O2S. The van der Waals surface area contributed by atoms with E-state index in [1.54, 1.807) is 0 Å². The van der Waals surface area contributed by atoms with Gasteiger partial charge in [0.2, 0.25) is 6.79 Å². The van der Waals surface area contributed by atoms with E-state index in [4.69, 9.17) is 21.7 Å². The van der Waals surface area contributed by atoms with Crippen LogP contribution >= 0.6 is 12.2 Å². The summed E-state index contributed by atoms with van der Waals surface area (Å²) < 4.78 is 10.7. The van der Waals surface area contributed by atoms with Gasteiger partial charge in [-0.15, -0.1) is 0 Å². The van der Waals surface area contributed by atoms with Gasteiger partial charge in [0, 0.05) is 11.8 Å². The fourth-order valence-corrected chi connectivity index (χ4v) is 3.02. The molecule has 5 heteroatoms. The third-order valence-electron chi connectivity index (χ3n) is 3.87. The van der Waals surface area contributed by atoms with Crippen molar-refractivity contribution >= 4 is 23.0 Å². The lowest BCUT2D eigenvalue weighted by atomic mass is 10.0. The van der Waals surface area contributed by atoms with Gasteiger partial charge in [-0.3, -0.25) is 0 Å². The summed E-state index contributed by atoms with van der Waals surface area (Å²) in [6, 6.07) is 12.3. The third kappa shape index (κ3) is 3.56. The predicted octanol–water partition coefficient (Wildman–Crippen LogP) is 4.08. The highest BCUT2D eigenvalue weighted by Gasteiger charge is 2.14. The van der Waals surface area contributed by atoms with E-state index in [1.807, 2.05) is 18.2 Å². The van der Waals surface area contributed by atoms with Gasteiger partial charge in [-0.1, -0.05) is 23.8 Å². The number of thiocarbonyl (C=S) groups is 1. The Morgan fingerprint density at radius 2 is 1.87 bits per heavy atom. The van der Waals surface area contributed by atoms with Crippen LogP contribution < -0.4 is 20.1 Å². The lowest BCUT2D eigenvalue weighted by Crippen LogP contribution is -2.31. The van der Waals surface area contributed by atoms with E-state index in [9.17, 15) is 0 Å². The minimum atomic E-state index is 0.129. The first-order chi connectivity index (χ1) is 11.0. The van der Waals surface area contributed by atoms with Gasteiger partial charge >= 0.3 is 0 Å². The summed E-state index contributed by atoms with van der Waals surface area (Å²) in [5, 5.41) is 7.09. The maximum absolute atomic E-state index is 5.42. The molecule has 0 bridgehead atoms. The van der Waals surface area contributed by atoms with E-state index >= 15 is 0 Å². The van der Waals surface area contributed by atoms with Gasteiger partial charge in [-0.25, -0.2) is 0 Å². The lowest BCUT2D eigenvalue weighted by Gasteiger charge is -2.19. The summed E-state index contributed by atoms with van der Waals surface area (Å²) >= 11 is 5.42. The van der Waals surface area contributed by atoms with Gasteiger partial charge in [0.05, 0.1) is 6.04 Å². The molecule has 0 unspecified atom stereocenters. The normalized spacial score (nSPS) is 13.5. The summed E-state index contributed by atoms with van der Waals surface area (Å²) in [6.45, 7) is 6.59. The van der Waals surface area contributed by atoms with Crippen molar-refractivity contribution in [2.24, 2.45) is 0 Å². The summed E-state index contributed by atoms with van der Waals surface area (Å²) in [4.78, 5) is 0. The average Bonchev–Trinajstić information content (AvgIpc) is 2.94. The van der Waals surface area contributed by atoms with E-state index in [2.05, 4.69) is 49.6 Å². The van der Waals surface area contributed by atoms with Crippen LogP contribution in [-0.2, 0) is 0 Å². The molecule has 23 heavy (non-hydrogen) atoms. The zero-order valence-electron chi connectivity index (χ0n) is 13.5. The maximum atomic E-state index is 5.42. The van der Waals surface area contributed by atoms with Crippen LogP contribution in [0.3, 0.4) is 0 Å². The monoisotopic (exact) mass is 328 g/mol. The largest absolute Gasteiger partial charge is 0.454 e. The van der Waals surface area contributed by atoms with Crippen LogP contribution in [0, 0.1) is 13.8 Å². The summed E-state index contributed by atoms with van der Waals surface area (Å²) in [5.74, 6) is 1.50. The molecule has 0 aliphatic carbocycles. The Labute approximate surface area is 141 Å². The van der Waals surface area contributed by atoms with Gasteiger partial charge in [0.25, 0.3) is 0 Å². The van der Waals surface area contributed by atoms with Gasteiger partial charge in [0.1, 0.15) is 0 Å². The van der Waals surface area contributed by atoms with Gasteiger partial charge < -0.3 is 20.1 Å². The number of aryl methyl sites for hydroxylation is 2. The zero-order valence-corrected chi connectivity index (χ0v) is 14.3.